The molecule has 0 aromatic carbocycles. The number of aromatic nitrogens is 1. The summed E-state index contributed by atoms with van der Waals surface area (Å²) in [6.45, 7) is 0.844. The van der Waals surface area contributed by atoms with Crippen LogP contribution in [0.25, 0.3) is 0 Å². The van der Waals surface area contributed by atoms with Crippen LogP contribution in [-0.2, 0) is 4.74 Å². The largest absolute Gasteiger partial charge is 0.465 e. The maximum atomic E-state index is 11.5. The fourth-order valence-electron chi connectivity index (χ4n) is 1.73. The fraction of sp³-hybridized carbons (Fsp3) is 0.600. The van der Waals surface area contributed by atoms with Crippen molar-refractivity contribution in [2.45, 2.75) is 18.1 Å². The van der Waals surface area contributed by atoms with Crippen LogP contribution in [0.15, 0.2) is 0 Å². The van der Waals surface area contributed by atoms with Crippen molar-refractivity contribution in [2.75, 3.05) is 30.5 Å². The molecule has 1 saturated heterocycles. The van der Waals surface area contributed by atoms with Gasteiger partial charge in [-0.2, -0.15) is 16.1 Å². The highest BCUT2D eigenvalue weighted by atomic mass is 32.2. The number of nitrogens with two attached hydrogens (primary N) is 1. The van der Waals surface area contributed by atoms with Crippen molar-refractivity contribution in [3.63, 3.8) is 0 Å². The number of methoxy groups -OCH3 is 1. The smallest absolute Gasteiger partial charge is 0.344 e. The minimum atomic E-state index is -0.433. The maximum Gasteiger partial charge on any atom is 0.344 e. The van der Waals surface area contributed by atoms with Crippen molar-refractivity contribution in [3.8, 4) is 0 Å². The SMILES string of the molecule is COC(=O)c1c(N)nsc1NCC1CCCS1. The molecule has 7 heteroatoms. The zero-order valence-electron chi connectivity index (χ0n) is 9.56. The number of anilines is 2. The Hall–Kier alpha value is -0.950. The Bertz CT molecular complexity index is 402. The molecule has 17 heavy (non-hydrogen) atoms. The third-order valence-electron chi connectivity index (χ3n) is 2.62. The molecule has 1 aromatic heterocycles. The molecule has 0 radical (unpaired) electrons. The number of hydrogen-bond acceptors (Lipinski definition) is 7. The summed E-state index contributed by atoms with van der Waals surface area (Å²) in [5.41, 5.74) is 6.02. The average molecular weight is 273 g/mol. The third-order valence-corrected chi connectivity index (χ3v) is 4.84. The highest BCUT2D eigenvalue weighted by Gasteiger charge is 2.21. The monoisotopic (exact) mass is 273 g/mol. The van der Waals surface area contributed by atoms with E-state index in [4.69, 9.17) is 10.5 Å². The van der Waals surface area contributed by atoms with Crippen LogP contribution in [0.4, 0.5) is 10.8 Å². The summed E-state index contributed by atoms with van der Waals surface area (Å²) >= 11 is 3.17. The normalized spacial score (nSPS) is 19.2. The summed E-state index contributed by atoms with van der Waals surface area (Å²) < 4.78 is 8.67. The molecule has 2 heterocycles. The first kappa shape index (κ1) is 12.5. The third kappa shape index (κ3) is 2.84. The van der Waals surface area contributed by atoms with E-state index in [0.29, 0.717) is 15.8 Å². The molecule has 94 valence electrons. The second-order valence-electron chi connectivity index (χ2n) is 3.78. The van der Waals surface area contributed by atoms with Crippen LogP contribution in [0.3, 0.4) is 0 Å². The first-order valence-corrected chi connectivity index (χ1v) is 7.23. The summed E-state index contributed by atoms with van der Waals surface area (Å²) in [5, 5.41) is 4.57. The lowest BCUT2D eigenvalue weighted by Crippen LogP contribution is -2.15. The van der Waals surface area contributed by atoms with E-state index in [1.165, 1.54) is 37.2 Å². The van der Waals surface area contributed by atoms with E-state index in [2.05, 4.69) is 9.69 Å². The molecule has 5 nitrogen and oxygen atoms in total. The molecule has 0 aliphatic carbocycles. The van der Waals surface area contributed by atoms with Crippen LogP contribution in [0, 0.1) is 0 Å². The lowest BCUT2D eigenvalue weighted by atomic mass is 10.2. The van der Waals surface area contributed by atoms with Crippen molar-refractivity contribution in [2.24, 2.45) is 0 Å². The predicted octanol–water partition coefficient (Wildman–Crippen LogP) is 1.82. The number of thioether (sulfide) groups is 1. The highest BCUT2D eigenvalue weighted by molar-refractivity contribution is 8.00. The molecule has 0 saturated carbocycles. The van der Waals surface area contributed by atoms with Gasteiger partial charge in [-0.1, -0.05) is 0 Å². The van der Waals surface area contributed by atoms with Crippen LogP contribution in [0.5, 0.6) is 0 Å². The summed E-state index contributed by atoms with van der Waals surface area (Å²) in [4.78, 5) is 11.5. The van der Waals surface area contributed by atoms with Crippen molar-refractivity contribution in [1.82, 2.24) is 4.37 Å². The Morgan fingerprint density at radius 2 is 2.53 bits per heavy atom. The van der Waals surface area contributed by atoms with Gasteiger partial charge in [-0.25, -0.2) is 4.79 Å². The van der Waals surface area contributed by atoms with Gasteiger partial charge in [0.15, 0.2) is 5.82 Å². The van der Waals surface area contributed by atoms with Gasteiger partial charge in [0.1, 0.15) is 10.6 Å². The van der Waals surface area contributed by atoms with E-state index in [-0.39, 0.29) is 5.82 Å². The molecule has 1 atom stereocenters. The summed E-state index contributed by atoms with van der Waals surface area (Å²) in [6.07, 6.45) is 2.49. The Balaban J connectivity index is 2.02. The lowest BCUT2D eigenvalue weighted by Gasteiger charge is -2.10. The number of nitrogen functional groups attached to an aromatic ring is 1. The van der Waals surface area contributed by atoms with E-state index in [1.807, 2.05) is 11.8 Å². The van der Waals surface area contributed by atoms with Crippen molar-refractivity contribution >= 4 is 40.1 Å². The molecule has 0 spiro atoms. The van der Waals surface area contributed by atoms with E-state index < -0.39 is 5.97 Å². The number of esters is 1. The van der Waals surface area contributed by atoms with Gasteiger partial charge in [0, 0.05) is 11.8 Å². The molecule has 1 aliphatic rings. The molecular weight excluding hydrogens is 258 g/mol. The minimum Gasteiger partial charge on any atom is -0.465 e. The molecule has 1 unspecified atom stereocenters. The lowest BCUT2D eigenvalue weighted by molar-refractivity contribution is 0.0603. The standard InChI is InChI=1S/C10H15N3O2S2/c1-15-10(14)7-8(11)13-17-9(7)12-5-6-3-2-4-16-6/h6,12H,2-5H2,1H3,(H2,11,13). The van der Waals surface area contributed by atoms with Gasteiger partial charge in [-0.3, -0.25) is 0 Å². The average Bonchev–Trinajstić information content (AvgIpc) is 2.95. The molecule has 0 amide bonds. The summed E-state index contributed by atoms with van der Waals surface area (Å²) in [7, 11) is 1.34. The molecule has 1 aliphatic heterocycles. The topological polar surface area (TPSA) is 77.2 Å². The Labute approximate surface area is 108 Å². The van der Waals surface area contributed by atoms with Crippen LogP contribution in [-0.4, -0.2) is 35.0 Å². The summed E-state index contributed by atoms with van der Waals surface area (Å²) in [5.74, 6) is 1.03. The second kappa shape index (κ2) is 5.59. The Morgan fingerprint density at radius 1 is 1.71 bits per heavy atom. The number of carbonyl (C=O) groups excluding carboxylic acids is 1. The number of rotatable bonds is 4. The molecular formula is C10H15N3O2S2. The maximum absolute atomic E-state index is 11.5. The number of nitrogens with zero attached hydrogens (tertiary/aromatic N) is 1. The molecule has 1 aromatic rings. The quantitative estimate of drug-likeness (QED) is 0.815. The molecule has 2 rings (SSSR count). The van der Waals surface area contributed by atoms with Crippen LogP contribution >= 0.6 is 23.3 Å². The van der Waals surface area contributed by atoms with Crippen molar-refractivity contribution in [3.05, 3.63) is 5.56 Å². The first-order chi connectivity index (χ1) is 8.22. The number of hydrogen-bond donors (Lipinski definition) is 2. The van der Waals surface area contributed by atoms with E-state index in [1.54, 1.807) is 0 Å². The second-order valence-corrected chi connectivity index (χ2v) is 5.96. The Morgan fingerprint density at radius 3 is 3.18 bits per heavy atom. The van der Waals surface area contributed by atoms with Gasteiger partial charge in [0.25, 0.3) is 0 Å². The summed E-state index contributed by atoms with van der Waals surface area (Å²) in [6, 6.07) is 0. The van der Waals surface area contributed by atoms with Crippen LogP contribution < -0.4 is 11.1 Å². The fourth-order valence-corrected chi connectivity index (χ4v) is 3.64. The molecule has 0 bridgehead atoms. The zero-order valence-corrected chi connectivity index (χ0v) is 11.2. The first-order valence-electron chi connectivity index (χ1n) is 5.41. The van der Waals surface area contributed by atoms with Gasteiger partial charge in [0.05, 0.1) is 7.11 Å². The van der Waals surface area contributed by atoms with E-state index in [0.717, 1.165) is 6.54 Å². The van der Waals surface area contributed by atoms with Crippen molar-refractivity contribution in [1.29, 1.82) is 0 Å². The molecule has 1 fully saturated rings. The number of nitrogens with one attached hydrogen (secondary N) is 1. The van der Waals surface area contributed by atoms with E-state index >= 15 is 0 Å². The Kier molecular flexibility index (Phi) is 4.11. The minimum absolute atomic E-state index is 0.239. The van der Waals surface area contributed by atoms with Gasteiger partial charge in [0.2, 0.25) is 0 Å². The van der Waals surface area contributed by atoms with Gasteiger partial charge in [-0.15, -0.1) is 0 Å². The van der Waals surface area contributed by atoms with Crippen LogP contribution in [0.2, 0.25) is 0 Å². The van der Waals surface area contributed by atoms with E-state index in [9.17, 15) is 4.79 Å². The molecule has 3 N–H and O–H groups in total. The highest BCUT2D eigenvalue weighted by Crippen LogP contribution is 2.30. The van der Waals surface area contributed by atoms with Crippen LogP contribution in [0.1, 0.15) is 23.2 Å². The van der Waals surface area contributed by atoms with Gasteiger partial charge >= 0.3 is 5.97 Å². The van der Waals surface area contributed by atoms with Gasteiger partial charge in [-0.05, 0) is 30.1 Å². The van der Waals surface area contributed by atoms with Crippen molar-refractivity contribution < 1.29 is 9.53 Å². The number of ether oxygens (including phenoxy) is 1. The number of carbonyl (C=O) groups is 1. The van der Waals surface area contributed by atoms with Gasteiger partial charge < -0.3 is 15.8 Å². The predicted molar refractivity (Wildman–Crippen MR) is 71.8 cm³/mol. The zero-order chi connectivity index (χ0) is 12.3.